The molecule has 2 fully saturated rings. The maximum absolute atomic E-state index is 12.5. The van der Waals surface area contributed by atoms with Gasteiger partial charge in [0.25, 0.3) is 5.91 Å². The van der Waals surface area contributed by atoms with Crippen molar-refractivity contribution in [3.8, 4) is 0 Å². The number of aliphatic hydroxyl groups is 1. The first-order valence-electron chi connectivity index (χ1n) is 10.0. The molecule has 1 aliphatic carbocycles. The molecule has 2 amide bonds. The van der Waals surface area contributed by atoms with Crippen LogP contribution < -0.4 is 5.32 Å². The molecular formula is C20H28N2O4S. The number of likely N-dealkylation sites (tertiary alicyclic amines) is 1. The number of hydrogen-bond donors (Lipinski definition) is 2. The summed E-state index contributed by atoms with van der Waals surface area (Å²) >= 11 is 1.51. The molecule has 1 aromatic heterocycles. The highest BCUT2D eigenvalue weighted by Gasteiger charge is 2.44. The van der Waals surface area contributed by atoms with Crippen LogP contribution in [0.1, 0.15) is 59.1 Å². The quantitative estimate of drug-likeness (QED) is 0.822. The van der Waals surface area contributed by atoms with Crippen molar-refractivity contribution in [3.05, 3.63) is 21.4 Å². The number of piperidine rings is 1. The SMILES string of the molecule is CC(O)CNC(=O)c1cc2c(s1)C1(CCN(C(=O)C3CCC3)CC1)OCC2. The number of aliphatic hydroxyl groups excluding tert-OH is 1. The van der Waals surface area contributed by atoms with Gasteiger partial charge in [-0.15, -0.1) is 11.3 Å². The summed E-state index contributed by atoms with van der Waals surface area (Å²) < 4.78 is 6.25. The van der Waals surface area contributed by atoms with Gasteiger partial charge in [0.15, 0.2) is 0 Å². The van der Waals surface area contributed by atoms with Crippen molar-refractivity contribution in [1.29, 1.82) is 0 Å². The van der Waals surface area contributed by atoms with Crippen LogP contribution in [-0.4, -0.2) is 54.2 Å². The van der Waals surface area contributed by atoms with Gasteiger partial charge in [0.2, 0.25) is 5.91 Å². The number of carbonyl (C=O) groups excluding carboxylic acids is 2. The number of ether oxygens (including phenoxy) is 1. The van der Waals surface area contributed by atoms with Crippen molar-refractivity contribution >= 4 is 23.2 Å². The van der Waals surface area contributed by atoms with E-state index in [4.69, 9.17) is 4.74 Å². The van der Waals surface area contributed by atoms with E-state index in [9.17, 15) is 14.7 Å². The van der Waals surface area contributed by atoms with E-state index >= 15 is 0 Å². The largest absolute Gasteiger partial charge is 0.392 e. The predicted octanol–water partition coefficient (Wildman–Crippen LogP) is 2.05. The second kappa shape index (κ2) is 7.53. The van der Waals surface area contributed by atoms with Crippen LogP contribution in [0, 0.1) is 5.92 Å². The highest BCUT2D eigenvalue weighted by atomic mass is 32.1. The molecule has 1 atom stereocenters. The fourth-order valence-corrected chi connectivity index (χ4v) is 5.56. The average Bonchev–Trinajstić information content (AvgIpc) is 3.05. The molecule has 1 spiro atoms. The molecule has 3 aliphatic rings. The first kappa shape index (κ1) is 18.9. The predicted molar refractivity (Wildman–Crippen MR) is 103 cm³/mol. The topological polar surface area (TPSA) is 78.9 Å². The maximum atomic E-state index is 12.5. The fraction of sp³-hybridized carbons (Fsp3) is 0.700. The van der Waals surface area contributed by atoms with Crippen LogP contribution in [0.25, 0.3) is 0 Å². The van der Waals surface area contributed by atoms with Gasteiger partial charge < -0.3 is 20.1 Å². The molecule has 3 heterocycles. The Morgan fingerprint density at radius 1 is 1.41 bits per heavy atom. The molecule has 1 unspecified atom stereocenters. The number of rotatable bonds is 4. The molecule has 1 aromatic rings. The molecule has 0 aromatic carbocycles. The van der Waals surface area contributed by atoms with Gasteiger partial charge in [0.1, 0.15) is 5.60 Å². The summed E-state index contributed by atoms with van der Waals surface area (Å²) in [4.78, 5) is 28.8. The van der Waals surface area contributed by atoms with Crippen molar-refractivity contribution in [2.75, 3.05) is 26.2 Å². The third kappa shape index (κ3) is 3.65. The first-order valence-corrected chi connectivity index (χ1v) is 10.8. The Bertz CT molecular complexity index is 718. The second-order valence-electron chi connectivity index (χ2n) is 8.07. The Labute approximate surface area is 163 Å². The molecule has 0 radical (unpaired) electrons. The van der Waals surface area contributed by atoms with Crippen LogP contribution in [0.2, 0.25) is 0 Å². The Kier molecular flexibility index (Phi) is 5.27. The molecule has 148 valence electrons. The highest BCUT2D eigenvalue weighted by molar-refractivity contribution is 7.14. The summed E-state index contributed by atoms with van der Waals surface area (Å²) in [7, 11) is 0. The number of fused-ring (bicyclic) bond motifs is 2. The third-order valence-corrected chi connectivity index (χ3v) is 7.45. The van der Waals surface area contributed by atoms with Crippen molar-refractivity contribution in [3.63, 3.8) is 0 Å². The van der Waals surface area contributed by atoms with Gasteiger partial charge in [-0.3, -0.25) is 9.59 Å². The van der Waals surface area contributed by atoms with E-state index in [0.29, 0.717) is 17.4 Å². The summed E-state index contributed by atoms with van der Waals surface area (Å²) in [6.07, 6.45) is 5.11. The van der Waals surface area contributed by atoms with Crippen LogP contribution in [0.3, 0.4) is 0 Å². The lowest BCUT2D eigenvalue weighted by Gasteiger charge is -2.45. The zero-order valence-electron chi connectivity index (χ0n) is 15.8. The van der Waals surface area contributed by atoms with Gasteiger partial charge in [0.05, 0.1) is 17.6 Å². The van der Waals surface area contributed by atoms with Crippen molar-refractivity contribution in [1.82, 2.24) is 10.2 Å². The minimum absolute atomic E-state index is 0.136. The van der Waals surface area contributed by atoms with E-state index in [0.717, 1.165) is 50.1 Å². The first-order chi connectivity index (χ1) is 13.0. The Hall–Kier alpha value is -1.44. The molecule has 1 saturated carbocycles. The Morgan fingerprint density at radius 3 is 2.78 bits per heavy atom. The summed E-state index contributed by atoms with van der Waals surface area (Å²) in [5, 5.41) is 12.2. The van der Waals surface area contributed by atoms with Crippen LogP contribution in [0.5, 0.6) is 0 Å². The number of thiophene rings is 1. The van der Waals surface area contributed by atoms with Gasteiger partial charge in [-0.05, 0) is 50.7 Å². The van der Waals surface area contributed by atoms with Crippen LogP contribution in [-0.2, 0) is 21.6 Å². The van der Waals surface area contributed by atoms with Crippen LogP contribution >= 0.6 is 11.3 Å². The van der Waals surface area contributed by atoms with Gasteiger partial charge in [-0.1, -0.05) is 6.42 Å². The Morgan fingerprint density at radius 2 is 2.15 bits per heavy atom. The Balaban J connectivity index is 1.47. The minimum Gasteiger partial charge on any atom is -0.392 e. The van der Waals surface area contributed by atoms with Crippen molar-refractivity contribution in [2.24, 2.45) is 5.92 Å². The molecule has 6 nitrogen and oxygen atoms in total. The van der Waals surface area contributed by atoms with Gasteiger partial charge in [0, 0.05) is 30.4 Å². The highest BCUT2D eigenvalue weighted by Crippen LogP contribution is 2.46. The van der Waals surface area contributed by atoms with Crippen molar-refractivity contribution < 1.29 is 19.4 Å². The smallest absolute Gasteiger partial charge is 0.261 e. The molecule has 7 heteroatoms. The number of hydrogen-bond acceptors (Lipinski definition) is 5. The van der Waals surface area contributed by atoms with E-state index in [1.54, 1.807) is 6.92 Å². The van der Waals surface area contributed by atoms with E-state index < -0.39 is 6.10 Å². The lowest BCUT2D eigenvalue weighted by Crippen LogP contribution is -2.50. The molecule has 0 bridgehead atoms. The fourth-order valence-electron chi connectivity index (χ4n) is 4.23. The number of nitrogens with one attached hydrogen (secondary N) is 1. The molecule has 2 aliphatic heterocycles. The van der Waals surface area contributed by atoms with E-state index in [1.165, 1.54) is 23.3 Å². The van der Waals surface area contributed by atoms with E-state index in [-0.39, 0.29) is 24.0 Å². The lowest BCUT2D eigenvalue weighted by molar-refractivity contribution is -0.146. The van der Waals surface area contributed by atoms with Crippen LogP contribution in [0.4, 0.5) is 0 Å². The van der Waals surface area contributed by atoms with Gasteiger partial charge >= 0.3 is 0 Å². The molecule has 4 rings (SSSR count). The third-order valence-electron chi connectivity index (χ3n) is 6.09. The van der Waals surface area contributed by atoms with Gasteiger partial charge in [-0.25, -0.2) is 0 Å². The number of carbonyl (C=O) groups is 2. The minimum atomic E-state index is -0.559. The number of amides is 2. The van der Waals surface area contributed by atoms with Crippen LogP contribution in [0.15, 0.2) is 6.07 Å². The lowest BCUT2D eigenvalue weighted by atomic mass is 9.82. The summed E-state index contributed by atoms with van der Waals surface area (Å²) in [6.45, 7) is 4.03. The molecule has 1 saturated heterocycles. The summed E-state index contributed by atoms with van der Waals surface area (Å²) in [5.74, 6) is 0.424. The van der Waals surface area contributed by atoms with E-state index in [1.807, 2.05) is 11.0 Å². The average molecular weight is 393 g/mol. The molecular weight excluding hydrogens is 364 g/mol. The van der Waals surface area contributed by atoms with Gasteiger partial charge in [-0.2, -0.15) is 0 Å². The summed E-state index contributed by atoms with van der Waals surface area (Å²) in [5.41, 5.74) is 0.851. The molecule has 2 N–H and O–H groups in total. The number of nitrogens with zero attached hydrogens (tertiary/aromatic N) is 1. The zero-order valence-corrected chi connectivity index (χ0v) is 16.6. The zero-order chi connectivity index (χ0) is 19.0. The molecule has 27 heavy (non-hydrogen) atoms. The monoisotopic (exact) mass is 392 g/mol. The summed E-state index contributed by atoms with van der Waals surface area (Å²) in [6, 6.07) is 1.98. The van der Waals surface area contributed by atoms with Crippen molar-refractivity contribution in [2.45, 2.75) is 57.2 Å². The normalized spacial score (nSPS) is 22.8. The second-order valence-corrected chi connectivity index (χ2v) is 9.12. The maximum Gasteiger partial charge on any atom is 0.261 e. The van der Waals surface area contributed by atoms with E-state index in [2.05, 4.69) is 5.32 Å². The standard InChI is InChI=1S/C20H28N2O4S/c1-13(23)12-21-18(24)16-11-15-5-10-26-20(17(15)27-16)6-8-22(9-7-20)19(25)14-3-2-4-14/h11,13-14,23H,2-10,12H2,1H3,(H,21,24).